The van der Waals surface area contributed by atoms with Crippen molar-refractivity contribution in [3.8, 4) is 0 Å². The first-order valence-electron chi connectivity index (χ1n) is 9.57. The fourth-order valence-electron chi connectivity index (χ4n) is 2.67. The summed E-state index contributed by atoms with van der Waals surface area (Å²) in [5.41, 5.74) is 3.51. The van der Waals surface area contributed by atoms with Gasteiger partial charge in [-0.25, -0.2) is 9.59 Å². The number of hydrogen-bond donors (Lipinski definition) is 0. The van der Waals surface area contributed by atoms with E-state index in [2.05, 4.69) is 0 Å². The topological polar surface area (TPSA) is 52.6 Å². The second kappa shape index (κ2) is 11.2. The first-order chi connectivity index (χ1) is 14.7. The van der Waals surface area contributed by atoms with E-state index >= 15 is 0 Å². The Hall–Kier alpha value is -3.92. The maximum Gasteiger partial charge on any atom is 0.331 e. The van der Waals surface area contributed by atoms with E-state index < -0.39 is 11.9 Å². The van der Waals surface area contributed by atoms with Crippen molar-refractivity contribution in [2.45, 2.75) is 13.2 Å². The van der Waals surface area contributed by atoms with E-state index in [0.717, 1.165) is 22.3 Å². The van der Waals surface area contributed by atoms with Gasteiger partial charge < -0.3 is 9.47 Å². The highest BCUT2D eigenvalue weighted by molar-refractivity contribution is 5.87. The second-order valence-corrected chi connectivity index (χ2v) is 6.52. The fraction of sp³-hybridized carbons (Fsp3) is 0.0769. The molecule has 0 fully saturated rings. The van der Waals surface area contributed by atoms with E-state index in [0.29, 0.717) is 0 Å². The van der Waals surface area contributed by atoms with Crippen molar-refractivity contribution in [3.63, 3.8) is 0 Å². The molecular weight excluding hydrogens is 376 g/mol. The fourth-order valence-corrected chi connectivity index (χ4v) is 2.67. The number of esters is 2. The maximum atomic E-state index is 11.9. The predicted octanol–water partition coefficient (Wildman–Crippen LogP) is 5.20. The molecule has 0 N–H and O–H groups in total. The van der Waals surface area contributed by atoms with Gasteiger partial charge in [-0.1, -0.05) is 78.9 Å². The number of ether oxygens (including phenoxy) is 2. The minimum absolute atomic E-state index is 0.146. The molecule has 150 valence electrons. The van der Waals surface area contributed by atoms with Crippen LogP contribution in [-0.4, -0.2) is 11.9 Å². The SMILES string of the molecule is O=C(C=Cc1ccccc1)OCc1cccc(COC(=O)C=Cc2ccccc2)c1. The molecule has 0 atom stereocenters. The Bertz CT molecular complexity index is 940. The van der Waals surface area contributed by atoms with Crippen LogP contribution in [0.1, 0.15) is 22.3 Å². The molecule has 4 nitrogen and oxygen atoms in total. The van der Waals surface area contributed by atoms with E-state index in [1.54, 1.807) is 12.2 Å². The van der Waals surface area contributed by atoms with Crippen LogP contribution in [0.2, 0.25) is 0 Å². The average molecular weight is 398 g/mol. The molecule has 3 aromatic carbocycles. The molecule has 0 aliphatic carbocycles. The summed E-state index contributed by atoms with van der Waals surface area (Å²) in [5.74, 6) is -0.830. The molecule has 0 unspecified atom stereocenters. The summed E-state index contributed by atoms with van der Waals surface area (Å²) >= 11 is 0. The Morgan fingerprint density at radius 3 is 1.47 bits per heavy atom. The largest absolute Gasteiger partial charge is 0.458 e. The average Bonchev–Trinajstić information content (AvgIpc) is 2.80. The summed E-state index contributed by atoms with van der Waals surface area (Å²) < 4.78 is 10.5. The standard InChI is InChI=1S/C26H22O4/c27-25(16-14-21-8-3-1-4-9-21)29-19-23-12-7-13-24(18-23)20-30-26(28)17-15-22-10-5-2-6-11-22/h1-18H,19-20H2. The molecule has 0 aromatic heterocycles. The van der Waals surface area contributed by atoms with Crippen molar-refractivity contribution >= 4 is 24.1 Å². The summed E-state index contributed by atoms with van der Waals surface area (Å²) in [6.45, 7) is 0.293. The van der Waals surface area contributed by atoms with Crippen molar-refractivity contribution in [1.29, 1.82) is 0 Å². The summed E-state index contributed by atoms with van der Waals surface area (Å²) in [6.07, 6.45) is 6.22. The lowest BCUT2D eigenvalue weighted by atomic mass is 10.1. The van der Waals surface area contributed by atoms with Crippen molar-refractivity contribution in [2.75, 3.05) is 0 Å². The van der Waals surface area contributed by atoms with Gasteiger partial charge in [0.2, 0.25) is 0 Å². The minimum Gasteiger partial charge on any atom is -0.458 e. The van der Waals surface area contributed by atoms with E-state index in [1.807, 2.05) is 84.9 Å². The van der Waals surface area contributed by atoms with E-state index in [-0.39, 0.29) is 13.2 Å². The molecule has 0 aliphatic heterocycles. The highest BCUT2D eigenvalue weighted by atomic mass is 16.5. The van der Waals surface area contributed by atoms with Gasteiger partial charge >= 0.3 is 11.9 Å². The maximum absolute atomic E-state index is 11.9. The molecule has 0 heterocycles. The van der Waals surface area contributed by atoms with Crippen molar-refractivity contribution in [2.24, 2.45) is 0 Å². The Morgan fingerprint density at radius 1 is 0.600 bits per heavy atom. The first-order valence-corrected chi connectivity index (χ1v) is 9.57. The van der Waals surface area contributed by atoms with Gasteiger partial charge in [0.1, 0.15) is 13.2 Å². The molecule has 0 spiro atoms. The van der Waals surface area contributed by atoms with E-state index in [4.69, 9.17) is 9.47 Å². The van der Waals surface area contributed by atoms with Crippen molar-refractivity contribution in [3.05, 3.63) is 119 Å². The first kappa shape index (κ1) is 20.8. The van der Waals surface area contributed by atoms with Crippen LogP contribution in [0.3, 0.4) is 0 Å². The van der Waals surface area contributed by atoms with Crippen LogP contribution in [0, 0.1) is 0 Å². The number of benzene rings is 3. The van der Waals surface area contributed by atoms with Crippen LogP contribution in [0.25, 0.3) is 12.2 Å². The zero-order valence-corrected chi connectivity index (χ0v) is 16.4. The molecule has 0 saturated heterocycles. The van der Waals surface area contributed by atoms with Gasteiger partial charge in [0.25, 0.3) is 0 Å². The third-order valence-electron chi connectivity index (χ3n) is 4.18. The Labute approximate surface area is 176 Å². The lowest BCUT2D eigenvalue weighted by Crippen LogP contribution is -2.03. The van der Waals surface area contributed by atoms with Gasteiger partial charge in [-0.15, -0.1) is 0 Å². The number of carbonyl (C=O) groups is 2. The third kappa shape index (κ3) is 7.24. The quantitative estimate of drug-likeness (QED) is 0.387. The van der Waals surface area contributed by atoms with Crippen LogP contribution in [0.4, 0.5) is 0 Å². The van der Waals surface area contributed by atoms with Gasteiger partial charge in [0.05, 0.1) is 0 Å². The van der Waals surface area contributed by atoms with Crippen molar-refractivity contribution in [1.82, 2.24) is 0 Å². The van der Waals surface area contributed by atoms with Gasteiger partial charge in [-0.05, 0) is 40.5 Å². The number of carbonyl (C=O) groups excluding carboxylic acids is 2. The third-order valence-corrected chi connectivity index (χ3v) is 4.18. The summed E-state index contributed by atoms with van der Waals surface area (Å²) in [7, 11) is 0. The predicted molar refractivity (Wildman–Crippen MR) is 117 cm³/mol. The number of rotatable bonds is 8. The highest BCUT2D eigenvalue weighted by Gasteiger charge is 2.03. The normalized spacial score (nSPS) is 10.9. The van der Waals surface area contributed by atoms with Crippen LogP contribution in [0.5, 0.6) is 0 Å². The molecule has 0 aliphatic rings. The zero-order chi connectivity index (χ0) is 21.0. The van der Waals surface area contributed by atoms with Gasteiger partial charge in [0, 0.05) is 12.2 Å². The Balaban J connectivity index is 1.46. The molecule has 0 saturated carbocycles. The lowest BCUT2D eigenvalue weighted by Gasteiger charge is -2.06. The molecule has 30 heavy (non-hydrogen) atoms. The highest BCUT2D eigenvalue weighted by Crippen LogP contribution is 2.10. The van der Waals surface area contributed by atoms with Gasteiger partial charge in [0.15, 0.2) is 0 Å². The summed E-state index contributed by atoms with van der Waals surface area (Å²) in [6, 6.07) is 26.5. The van der Waals surface area contributed by atoms with Crippen LogP contribution in [-0.2, 0) is 32.3 Å². The minimum atomic E-state index is -0.415. The van der Waals surface area contributed by atoms with Crippen LogP contribution < -0.4 is 0 Å². The lowest BCUT2D eigenvalue weighted by molar-refractivity contribution is -0.139. The van der Waals surface area contributed by atoms with E-state index in [9.17, 15) is 9.59 Å². The van der Waals surface area contributed by atoms with E-state index in [1.165, 1.54) is 12.2 Å². The number of hydrogen-bond acceptors (Lipinski definition) is 4. The monoisotopic (exact) mass is 398 g/mol. The van der Waals surface area contributed by atoms with Gasteiger partial charge in [-0.3, -0.25) is 0 Å². The summed E-state index contributed by atoms with van der Waals surface area (Å²) in [4.78, 5) is 23.8. The Kier molecular flexibility index (Phi) is 7.75. The molecular formula is C26H22O4. The molecule has 3 rings (SSSR count). The molecule has 0 radical (unpaired) electrons. The Morgan fingerprint density at radius 2 is 1.03 bits per heavy atom. The second-order valence-electron chi connectivity index (χ2n) is 6.52. The molecule has 0 bridgehead atoms. The molecule has 4 heteroatoms. The van der Waals surface area contributed by atoms with Gasteiger partial charge in [-0.2, -0.15) is 0 Å². The summed E-state index contributed by atoms with van der Waals surface area (Å²) in [5, 5.41) is 0. The van der Waals surface area contributed by atoms with Crippen LogP contribution >= 0.6 is 0 Å². The van der Waals surface area contributed by atoms with Crippen LogP contribution in [0.15, 0.2) is 97.1 Å². The molecule has 3 aromatic rings. The molecule has 0 amide bonds. The van der Waals surface area contributed by atoms with Crippen molar-refractivity contribution < 1.29 is 19.1 Å². The smallest absolute Gasteiger partial charge is 0.331 e. The zero-order valence-electron chi connectivity index (χ0n) is 16.4.